The highest BCUT2D eigenvalue weighted by atomic mass is 16.5. The van der Waals surface area contributed by atoms with Crippen LogP contribution >= 0.6 is 0 Å². The molecule has 0 fully saturated rings. The molecule has 0 heterocycles. The monoisotopic (exact) mass is 293 g/mol. The van der Waals surface area contributed by atoms with Gasteiger partial charge in [-0.2, -0.15) is 0 Å². The highest BCUT2D eigenvalue weighted by molar-refractivity contribution is 5.78. The zero-order chi connectivity index (χ0) is 15.5. The van der Waals surface area contributed by atoms with Crippen LogP contribution in [0.4, 0.5) is 5.69 Å². The Kier molecular flexibility index (Phi) is 8.32. The molecular weight excluding hydrogens is 266 g/mol. The predicted octanol–water partition coefficient (Wildman–Crippen LogP) is 4.31. The first kappa shape index (κ1) is 17.3. The molecule has 0 saturated heterocycles. The van der Waals surface area contributed by atoms with E-state index in [0.717, 1.165) is 18.5 Å². The van der Waals surface area contributed by atoms with Crippen molar-refractivity contribution in [3.8, 4) is 5.75 Å². The van der Waals surface area contributed by atoms with E-state index in [1.54, 1.807) is 7.11 Å². The van der Waals surface area contributed by atoms with E-state index >= 15 is 0 Å². The number of para-hydroxylation sites is 2. The zero-order valence-corrected chi connectivity index (χ0v) is 13.1. The van der Waals surface area contributed by atoms with E-state index in [2.05, 4.69) is 12.2 Å². The molecule has 21 heavy (non-hydrogen) atoms. The Bertz CT molecular complexity index is 420. The van der Waals surface area contributed by atoms with Crippen LogP contribution in [-0.2, 0) is 4.79 Å². The molecule has 0 saturated carbocycles. The molecule has 0 aliphatic rings. The first-order valence-corrected chi connectivity index (χ1v) is 7.81. The van der Waals surface area contributed by atoms with E-state index in [1.165, 1.54) is 25.7 Å². The van der Waals surface area contributed by atoms with Crippen LogP contribution in [0, 0.1) is 0 Å². The van der Waals surface area contributed by atoms with Gasteiger partial charge in [-0.15, -0.1) is 0 Å². The summed E-state index contributed by atoms with van der Waals surface area (Å²) in [6, 6.07) is 6.84. The fourth-order valence-corrected chi connectivity index (χ4v) is 2.34. The highest BCUT2D eigenvalue weighted by Crippen LogP contribution is 2.24. The van der Waals surface area contributed by atoms with Gasteiger partial charge < -0.3 is 15.2 Å². The van der Waals surface area contributed by atoms with Crippen LogP contribution in [0.3, 0.4) is 0 Å². The van der Waals surface area contributed by atoms with Gasteiger partial charge in [-0.25, -0.2) is 4.79 Å². The molecule has 0 aliphatic carbocycles. The van der Waals surface area contributed by atoms with Crippen molar-refractivity contribution in [1.29, 1.82) is 0 Å². The Morgan fingerprint density at radius 1 is 1.19 bits per heavy atom. The van der Waals surface area contributed by atoms with Gasteiger partial charge >= 0.3 is 5.97 Å². The second kappa shape index (κ2) is 10.1. The third kappa shape index (κ3) is 6.52. The number of methoxy groups -OCH3 is 1. The van der Waals surface area contributed by atoms with Gasteiger partial charge in [-0.3, -0.25) is 0 Å². The molecule has 1 aromatic rings. The Morgan fingerprint density at radius 3 is 2.52 bits per heavy atom. The molecule has 0 bridgehead atoms. The van der Waals surface area contributed by atoms with Gasteiger partial charge in [0.1, 0.15) is 11.8 Å². The fourth-order valence-electron chi connectivity index (χ4n) is 2.34. The van der Waals surface area contributed by atoms with E-state index in [9.17, 15) is 9.90 Å². The van der Waals surface area contributed by atoms with Crippen molar-refractivity contribution in [2.75, 3.05) is 12.4 Å². The molecule has 2 N–H and O–H groups in total. The molecule has 1 atom stereocenters. The number of anilines is 1. The molecule has 1 aromatic carbocycles. The summed E-state index contributed by atoms with van der Waals surface area (Å²) in [4.78, 5) is 11.4. The third-order valence-electron chi connectivity index (χ3n) is 3.58. The summed E-state index contributed by atoms with van der Waals surface area (Å²) in [7, 11) is 1.59. The first-order chi connectivity index (χ1) is 10.2. The van der Waals surface area contributed by atoms with Crippen LogP contribution in [0.5, 0.6) is 5.75 Å². The van der Waals surface area contributed by atoms with E-state index in [-0.39, 0.29) is 0 Å². The molecule has 0 spiro atoms. The highest BCUT2D eigenvalue weighted by Gasteiger charge is 2.18. The van der Waals surface area contributed by atoms with Gasteiger partial charge in [0.25, 0.3) is 0 Å². The van der Waals surface area contributed by atoms with Crippen molar-refractivity contribution in [3.05, 3.63) is 24.3 Å². The van der Waals surface area contributed by atoms with Gasteiger partial charge in [0.05, 0.1) is 12.8 Å². The summed E-state index contributed by atoms with van der Waals surface area (Å²) >= 11 is 0. The topological polar surface area (TPSA) is 58.6 Å². The van der Waals surface area contributed by atoms with Gasteiger partial charge in [0, 0.05) is 0 Å². The Labute approximate surface area is 127 Å². The zero-order valence-electron chi connectivity index (χ0n) is 13.1. The second-order valence-electron chi connectivity index (χ2n) is 5.29. The molecule has 1 rings (SSSR count). The van der Waals surface area contributed by atoms with Gasteiger partial charge in [0.15, 0.2) is 0 Å². The number of hydrogen-bond donors (Lipinski definition) is 2. The van der Waals surface area contributed by atoms with Crippen molar-refractivity contribution in [2.45, 2.75) is 57.9 Å². The molecule has 4 heteroatoms. The lowest BCUT2D eigenvalue weighted by Gasteiger charge is -2.17. The number of unbranched alkanes of at least 4 members (excludes halogenated alkanes) is 5. The number of carbonyl (C=O) groups is 1. The number of carboxylic acids is 1. The van der Waals surface area contributed by atoms with Crippen molar-refractivity contribution in [1.82, 2.24) is 0 Å². The van der Waals surface area contributed by atoms with Crippen LogP contribution in [0.15, 0.2) is 24.3 Å². The van der Waals surface area contributed by atoms with Crippen LogP contribution in [0.2, 0.25) is 0 Å². The van der Waals surface area contributed by atoms with E-state index < -0.39 is 12.0 Å². The van der Waals surface area contributed by atoms with Gasteiger partial charge in [-0.05, 0) is 18.6 Å². The van der Waals surface area contributed by atoms with E-state index in [4.69, 9.17) is 4.74 Å². The molecule has 0 radical (unpaired) electrons. The molecule has 0 aliphatic heterocycles. The summed E-state index contributed by atoms with van der Waals surface area (Å²) in [5.74, 6) is -0.138. The maximum absolute atomic E-state index is 11.4. The standard InChI is InChI=1S/C17H27NO3/c1-3-4-5-6-7-8-12-15(17(19)20)18-14-11-9-10-13-16(14)21-2/h9-11,13,15,18H,3-8,12H2,1-2H3,(H,19,20). The van der Waals surface area contributed by atoms with Crippen LogP contribution < -0.4 is 10.1 Å². The minimum absolute atomic E-state index is 0.563. The number of rotatable bonds is 11. The Balaban J connectivity index is 2.45. The SMILES string of the molecule is CCCCCCCCC(Nc1ccccc1OC)C(=O)O. The lowest BCUT2D eigenvalue weighted by Crippen LogP contribution is -2.29. The minimum atomic E-state index is -0.811. The quantitative estimate of drug-likeness (QED) is 0.597. The molecule has 4 nitrogen and oxygen atoms in total. The number of hydrogen-bond acceptors (Lipinski definition) is 3. The van der Waals surface area contributed by atoms with Crippen LogP contribution in [0.1, 0.15) is 51.9 Å². The van der Waals surface area contributed by atoms with Crippen LogP contribution in [0.25, 0.3) is 0 Å². The minimum Gasteiger partial charge on any atom is -0.495 e. The van der Waals surface area contributed by atoms with Crippen LogP contribution in [-0.4, -0.2) is 24.2 Å². The molecule has 0 aromatic heterocycles. The molecular formula is C17H27NO3. The number of carboxylic acid groups (broad SMARTS) is 1. The predicted molar refractivity (Wildman–Crippen MR) is 86.0 cm³/mol. The second-order valence-corrected chi connectivity index (χ2v) is 5.29. The summed E-state index contributed by atoms with van der Waals surface area (Å²) < 4.78 is 5.24. The van der Waals surface area contributed by atoms with E-state index in [1.807, 2.05) is 24.3 Å². The number of ether oxygens (including phenoxy) is 1. The maximum Gasteiger partial charge on any atom is 0.326 e. The molecule has 118 valence electrons. The summed E-state index contributed by atoms with van der Waals surface area (Å²) in [6.07, 6.45) is 7.59. The van der Waals surface area contributed by atoms with E-state index in [0.29, 0.717) is 12.2 Å². The van der Waals surface area contributed by atoms with Crippen molar-refractivity contribution in [3.63, 3.8) is 0 Å². The Morgan fingerprint density at radius 2 is 1.86 bits per heavy atom. The lowest BCUT2D eigenvalue weighted by molar-refractivity contribution is -0.138. The normalized spacial score (nSPS) is 11.9. The summed E-state index contributed by atoms with van der Waals surface area (Å²) in [5, 5.41) is 12.4. The fraction of sp³-hybridized carbons (Fsp3) is 0.588. The largest absolute Gasteiger partial charge is 0.495 e. The molecule has 1 unspecified atom stereocenters. The van der Waals surface area contributed by atoms with Gasteiger partial charge in [0.2, 0.25) is 0 Å². The van der Waals surface area contributed by atoms with Crippen molar-refractivity contribution < 1.29 is 14.6 Å². The number of aliphatic carboxylic acids is 1. The van der Waals surface area contributed by atoms with Crippen molar-refractivity contribution >= 4 is 11.7 Å². The lowest BCUT2D eigenvalue weighted by atomic mass is 10.1. The van der Waals surface area contributed by atoms with Crippen molar-refractivity contribution in [2.24, 2.45) is 0 Å². The third-order valence-corrected chi connectivity index (χ3v) is 3.58. The number of benzene rings is 1. The average Bonchev–Trinajstić information content (AvgIpc) is 2.49. The molecule has 0 amide bonds. The smallest absolute Gasteiger partial charge is 0.326 e. The maximum atomic E-state index is 11.4. The average molecular weight is 293 g/mol. The number of nitrogens with one attached hydrogen (secondary N) is 1. The summed E-state index contributed by atoms with van der Waals surface area (Å²) in [6.45, 7) is 2.19. The first-order valence-electron chi connectivity index (χ1n) is 7.81. The van der Waals surface area contributed by atoms with Gasteiger partial charge in [-0.1, -0.05) is 57.6 Å². The Hall–Kier alpha value is -1.71. The summed E-state index contributed by atoms with van der Waals surface area (Å²) in [5.41, 5.74) is 0.735.